The number of nitrogens with zero attached hydrogens (tertiary/aromatic N) is 3. The molecule has 0 amide bonds. The van der Waals surface area contributed by atoms with Crippen LogP contribution in [0.2, 0.25) is 0 Å². The van der Waals surface area contributed by atoms with Gasteiger partial charge in [-0.05, 0) is 18.1 Å². The third-order valence-electron chi connectivity index (χ3n) is 4.03. The van der Waals surface area contributed by atoms with Crippen molar-refractivity contribution in [3.8, 4) is 0 Å². The standard InChI is InChI=1S/C17H19F3N4/c18-17(19,20)8-6-14-7-9-22-16(23-14)24-11-10-21-15(12-24)13-4-2-1-3-5-13/h1-5,7,9,15,21H,6,8,10-12H2. The van der Waals surface area contributed by atoms with Crippen LogP contribution in [0.5, 0.6) is 0 Å². The molecule has 4 nitrogen and oxygen atoms in total. The summed E-state index contributed by atoms with van der Waals surface area (Å²) in [7, 11) is 0. The highest BCUT2D eigenvalue weighted by atomic mass is 19.4. The van der Waals surface area contributed by atoms with Crippen molar-refractivity contribution in [2.24, 2.45) is 0 Å². The summed E-state index contributed by atoms with van der Waals surface area (Å²) in [4.78, 5) is 10.6. The summed E-state index contributed by atoms with van der Waals surface area (Å²) in [5, 5.41) is 3.45. The van der Waals surface area contributed by atoms with Crippen LogP contribution in [0.4, 0.5) is 19.1 Å². The number of hydrogen-bond acceptors (Lipinski definition) is 4. The lowest BCUT2D eigenvalue weighted by Crippen LogP contribution is -2.46. The summed E-state index contributed by atoms with van der Waals surface area (Å²) < 4.78 is 37.1. The van der Waals surface area contributed by atoms with E-state index in [1.165, 1.54) is 11.8 Å². The van der Waals surface area contributed by atoms with E-state index in [9.17, 15) is 13.2 Å². The molecule has 1 atom stereocenters. The van der Waals surface area contributed by atoms with E-state index in [0.29, 0.717) is 18.2 Å². The molecule has 0 radical (unpaired) electrons. The number of piperazine rings is 1. The Kier molecular flexibility index (Phi) is 4.99. The maximum atomic E-state index is 12.4. The minimum absolute atomic E-state index is 0.118. The second-order valence-corrected chi connectivity index (χ2v) is 5.83. The Morgan fingerprint density at radius 3 is 2.71 bits per heavy atom. The number of benzene rings is 1. The maximum Gasteiger partial charge on any atom is 0.389 e. The largest absolute Gasteiger partial charge is 0.389 e. The summed E-state index contributed by atoms with van der Waals surface area (Å²) in [6.45, 7) is 2.19. The van der Waals surface area contributed by atoms with Crippen molar-refractivity contribution in [1.29, 1.82) is 0 Å². The molecule has 1 N–H and O–H groups in total. The molecule has 2 aromatic rings. The van der Waals surface area contributed by atoms with Crippen molar-refractivity contribution in [3.63, 3.8) is 0 Å². The number of hydrogen-bond donors (Lipinski definition) is 1. The second-order valence-electron chi connectivity index (χ2n) is 5.83. The Hall–Kier alpha value is -2.15. The first kappa shape index (κ1) is 16.7. The van der Waals surface area contributed by atoms with E-state index in [4.69, 9.17) is 0 Å². The van der Waals surface area contributed by atoms with Gasteiger partial charge in [0.15, 0.2) is 0 Å². The third-order valence-corrected chi connectivity index (χ3v) is 4.03. The summed E-state index contributed by atoms with van der Waals surface area (Å²) in [6.07, 6.45) is -3.61. The Labute approximate surface area is 138 Å². The van der Waals surface area contributed by atoms with Gasteiger partial charge in [-0.3, -0.25) is 0 Å². The molecule has 1 saturated heterocycles. The van der Waals surface area contributed by atoms with E-state index >= 15 is 0 Å². The lowest BCUT2D eigenvalue weighted by molar-refractivity contribution is -0.134. The lowest BCUT2D eigenvalue weighted by Gasteiger charge is -2.34. The molecule has 2 heterocycles. The molecule has 0 spiro atoms. The molecule has 24 heavy (non-hydrogen) atoms. The second kappa shape index (κ2) is 7.17. The van der Waals surface area contributed by atoms with Crippen molar-refractivity contribution in [2.45, 2.75) is 25.1 Å². The van der Waals surface area contributed by atoms with Gasteiger partial charge >= 0.3 is 6.18 Å². The topological polar surface area (TPSA) is 41.1 Å². The zero-order valence-corrected chi connectivity index (χ0v) is 13.1. The number of anilines is 1. The molecule has 1 aliphatic heterocycles. The maximum absolute atomic E-state index is 12.4. The zero-order chi connectivity index (χ0) is 17.0. The average molecular weight is 336 g/mol. The van der Waals surface area contributed by atoms with Crippen molar-refractivity contribution >= 4 is 5.95 Å². The minimum atomic E-state index is -4.17. The van der Waals surface area contributed by atoms with Gasteiger partial charge < -0.3 is 10.2 Å². The SMILES string of the molecule is FC(F)(F)CCc1ccnc(N2CCNC(c3ccccc3)C2)n1. The molecule has 0 aliphatic carbocycles. The highest BCUT2D eigenvalue weighted by Crippen LogP contribution is 2.23. The first-order valence-corrected chi connectivity index (χ1v) is 7.93. The number of rotatable bonds is 4. The van der Waals surface area contributed by atoms with Gasteiger partial charge in [0.25, 0.3) is 0 Å². The third kappa shape index (κ3) is 4.44. The molecular formula is C17H19F3N4. The molecule has 1 aromatic heterocycles. The predicted octanol–water partition coefficient (Wildman–Crippen LogP) is 3.12. The van der Waals surface area contributed by atoms with Gasteiger partial charge in [-0.25, -0.2) is 9.97 Å². The molecule has 1 fully saturated rings. The normalized spacial score (nSPS) is 18.6. The Bertz CT molecular complexity index is 660. The lowest BCUT2D eigenvalue weighted by atomic mass is 10.0. The Morgan fingerprint density at radius 1 is 1.17 bits per heavy atom. The fraction of sp³-hybridized carbons (Fsp3) is 0.412. The number of halogens is 3. The van der Waals surface area contributed by atoms with E-state index in [1.807, 2.05) is 23.1 Å². The average Bonchev–Trinajstić information content (AvgIpc) is 2.61. The van der Waals surface area contributed by atoms with Crippen molar-refractivity contribution in [1.82, 2.24) is 15.3 Å². The van der Waals surface area contributed by atoms with E-state index in [2.05, 4.69) is 27.4 Å². The molecule has 0 saturated carbocycles. The molecule has 1 aliphatic rings. The Balaban J connectivity index is 1.69. The number of aromatic nitrogens is 2. The first-order chi connectivity index (χ1) is 11.5. The molecular weight excluding hydrogens is 317 g/mol. The zero-order valence-electron chi connectivity index (χ0n) is 13.1. The molecule has 7 heteroatoms. The number of aryl methyl sites for hydroxylation is 1. The monoisotopic (exact) mass is 336 g/mol. The molecule has 128 valence electrons. The van der Waals surface area contributed by atoms with Crippen LogP contribution in [-0.2, 0) is 6.42 Å². The fourth-order valence-corrected chi connectivity index (χ4v) is 2.79. The fourth-order valence-electron chi connectivity index (χ4n) is 2.79. The van der Waals surface area contributed by atoms with Crippen molar-refractivity contribution in [2.75, 3.05) is 24.5 Å². The molecule has 0 bridgehead atoms. The van der Waals surface area contributed by atoms with Gasteiger partial charge in [-0.2, -0.15) is 13.2 Å². The van der Waals surface area contributed by atoms with Crippen LogP contribution in [0.1, 0.15) is 23.7 Å². The van der Waals surface area contributed by atoms with Crippen LogP contribution in [-0.4, -0.2) is 35.8 Å². The Morgan fingerprint density at radius 2 is 1.96 bits per heavy atom. The van der Waals surface area contributed by atoms with Crippen LogP contribution in [0.25, 0.3) is 0 Å². The summed E-state index contributed by atoms with van der Waals surface area (Å²) in [5.74, 6) is 0.497. The van der Waals surface area contributed by atoms with Gasteiger partial charge in [0, 0.05) is 44.0 Å². The van der Waals surface area contributed by atoms with E-state index in [0.717, 1.165) is 13.1 Å². The summed E-state index contributed by atoms with van der Waals surface area (Å²) >= 11 is 0. The van der Waals surface area contributed by atoms with Gasteiger partial charge in [0.05, 0.1) is 0 Å². The van der Waals surface area contributed by atoms with Gasteiger partial charge in [0.2, 0.25) is 5.95 Å². The highest BCUT2D eigenvalue weighted by Gasteiger charge is 2.27. The number of nitrogens with one attached hydrogen (secondary N) is 1. The summed E-state index contributed by atoms with van der Waals surface area (Å²) in [6, 6.07) is 11.8. The smallest absolute Gasteiger partial charge is 0.338 e. The highest BCUT2D eigenvalue weighted by molar-refractivity contribution is 5.34. The van der Waals surface area contributed by atoms with Crippen LogP contribution in [0, 0.1) is 0 Å². The quantitative estimate of drug-likeness (QED) is 0.931. The van der Waals surface area contributed by atoms with Gasteiger partial charge in [0.1, 0.15) is 0 Å². The van der Waals surface area contributed by atoms with E-state index < -0.39 is 12.6 Å². The van der Waals surface area contributed by atoms with Crippen LogP contribution in [0.3, 0.4) is 0 Å². The molecule has 1 unspecified atom stereocenters. The predicted molar refractivity (Wildman–Crippen MR) is 85.8 cm³/mol. The molecule has 1 aromatic carbocycles. The molecule has 3 rings (SSSR count). The summed E-state index contributed by atoms with van der Waals surface area (Å²) in [5.41, 5.74) is 1.60. The van der Waals surface area contributed by atoms with Crippen LogP contribution < -0.4 is 10.2 Å². The van der Waals surface area contributed by atoms with E-state index in [-0.39, 0.29) is 12.5 Å². The van der Waals surface area contributed by atoms with Gasteiger partial charge in [-0.15, -0.1) is 0 Å². The van der Waals surface area contributed by atoms with Crippen LogP contribution >= 0.6 is 0 Å². The van der Waals surface area contributed by atoms with E-state index in [1.54, 1.807) is 6.07 Å². The van der Waals surface area contributed by atoms with Crippen molar-refractivity contribution in [3.05, 3.63) is 53.9 Å². The van der Waals surface area contributed by atoms with Gasteiger partial charge in [-0.1, -0.05) is 30.3 Å². The van der Waals surface area contributed by atoms with Crippen molar-refractivity contribution < 1.29 is 13.2 Å². The minimum Gasteiger partial charge on any atom is -0.338 e. The van der Waals surface area contributed by atoms with Crippen LogP contribution in [0.15, 0.2) is 42.6 Å². The first-order valence-electron chi connectivity index (χ1n) is 7.93. The number of alkyl halides is 3.